The van der Waals surface area contributed by atoms with Crippen molar-refractivity contribution in [1.82, 2.24) is 14.5 Å². The molecule has 0 spiro atoms. The van der Waals surface area contributed by atoms with E-state index >= 15 is 0 Å². The van der Waals surface area contributed by atoms with E-state index in [-0.39, 0.29) is 11.3 Å². The summed E-state index contributed by atoms with van der Waals surface area (Å²) in [5.74, 6) is 0.854. The summed E-state index contributed by atoms with van der Waals surface area (Å²) in [5.41, 5.74) is 3.10. The average molecular weight is 418 g/mol. The second-order valence-corrected chi connectivity index (χ2v) is 8.51. The smallest absolute Gasteiger partial charge is 0.257 e. The van der Waals surface area contributed by atoms with Crippen molar-refractivity contribution < 1.29 is 5.11 Å². The zero-order chi connectivity index (χ0) is 21.8. The van der Waals surface area contributed by atoms with Crippen molar-refractivity contribution in [3.8, 4) is 17.0 Å². The van der Waals surface area contributed by atoms with Gasteiger partial charge in [0.15, 0.2) is 0 Å². The first-order valence-electron chi connectivity index (χ1n) is 11.2. The van der Waals surface area contributed by atoms with Crippen molar-refractivity contribution >= 4 is 0 Å². The first kappa shape index (κ1) is 21.3. The molecular weight excluding hydrogens is 386 g/mol. The molecule has 1 aliphatic rings. The molecule has 0 aliphatic carbocycles. The standard InChI is InChI=1S/C26H31N3O2/c1-19-27-25(22-12-6-7-13-24(22)30)23(15-14-20-9-4-3-5-10-20)26(31)29(19)18-16-21-11-8-17-28(21)2/h3-7,9-10,12-13,21,30H,8,11,14-18H2,1-2H3. The van der Waals surface area contributed by atoms with Crippen LogP contribution in [-0.2, 0) is 19.4 Å². The average Bonchev–Trinajstić information content (AvgIpc) is 3.18. The van der Waals surface area contributed by atoms with Gasteiger partial charge in [-0.25, -0.2) is 4.98 Å². The van der Waals surface area contributed by atoms with Gasteiger partial charge in [-0.15, -0.1) is 0 Å². The molecule has 0 saturated carbocycles. The van der Waals surface area contributed by atoms with Crippen molar-refractivity contribution in [1.29, 1.82) is 0 Å². The van der Waals surface area contributed by atoms with Gasteiger partial charge in [0.25, 0.3) is 5.56 Å². The number of hydrogen-bond donors (Lipinski definition) is 1. The number of aryl methyl sites for hydroxylation is 2. The number of aromatic hydroxyl groups is 1. The van der Waals surface area contributed by atoms with Crippen molar-refractivity contribution in [3.63, 3.8) is 0 Å². The quantitative estimate of drug-likeness (QED) is 0.626. The summed E-state index contributed by atoms with van der Waals surface area (Å²) in [4.78, 5) is 20.9. The topological polar surface area (TPSA) is 58.4 Å². The molecule has 3 aromatic rings. The Morgan fingerprint density at radius 3 is 2.52 bits per heavy atom. The van der Waals surface area contributed by atoms with Gasteiger partial charge in [-0.3, -0.25) is 9.36 Å². The number of phenolic OH excluding ortho intramolecular Hbond substituents is 1. The lowest BCUT2D eigenvalue weighted by atomic mass is 9.99. The summed E-state index contributed by atoms with van der Waals surface area (Å²) >= 11 is 0. The van der Waals surface area contributed by atoms with Gasteiger partial charge >= 0.3 is 0 Å². The van der Waals surface area contributed by atoms with Gasteiger partial charge in [-0.1, -0.05) is 42.5 Å². The Hall–Kier alpha value is -2.92. The molecule has 1 atom stereocenters. The molecule has 1 aromatic heterocycles. The van der Waals surface area contributed by atoms with E-state index in [1.165, 1.54) is 18.4 Å². The Kier molecular flexibility index (Phi) is 6.52. The third kappa shape index (κ3) is 4.72. The first-order chi connectivity index (χ1) is 15.0. The number of rotatable bonds is 7. The molecule has 1 aliphatic heterocycles. The summed E-state index contributed by atoms with van der Waals surface area (Å²) in [5, 5.41) is 10.4. The van der Waals surface area contributed by atoms with Crippen LogP contribution in [-0.4, -0.2) is 39.2 Å². The van der Waals surface area contributed by atoms with E-state index in [0.29, 0.717) is 41.7 Å². The van der Waals surface area contributed by atoms with Crippen LogP contribution in [0.2, 0.25) is 0 Å². The van der Waals surface area contributed by atoms with E-state index in [4.69, 9.17) is 4.98 Å². The number of likely N-dealkylation sites (tertiary alicyclic amines) is 1. The minimum atomic E-state index is 0.0161. The molecule has 2 aromatic carbocycles. The molecule has 1 unspecified atom stereocenters. The summed E-state index contributed by atoms with van der Waals surface area (Å²) in [6.07, 6.45) is 4.71. The van der Waals surface area contributed by atoms with Gasteiger partial charge in [0.05, 0.1) is 5.69 Å². The van der Waals surface area contributed by atoms with E-state index in [0.717, 1.165) is 19.4 Å². The van der Waals surface area contributed by atoms with Crippen LogP contribution in [0.5, 0.6) is 5.75 Å². The molecule has 1 fully saturated rings. The highest BCUT2D eigenvalue weighted by Gasteiger charge is 2.22. The lowest BCUT2D eigenvalue weighted by molar-refractivity contribution is 0.284. The van der Waals surface area contributed by atoms with Crippen LogP contribution < -0.4 is 5.56 Å². The van der Waals surface area contributed by atoms with Gasteiger partial charge in [-0.05, 0) is 70.3 Å². The predicted octanol–water partition coefficient (Wildman–Crippen LogP) is 4.19. The number of aromatic nitrogens is 2. The Labute approximate surface area is 184 Å². The zero-order valence-electron chi connectivity index (χ0n) is 18.4. The van der Waals surface area contributed by atoms with E-state index in [1.54, 1.807) is 12.1 Å². The summed E-state index contributed by atoms with van der Waals surface area (Å²) in [6, 6.07) is 17.9. The lowest BCUT2D eigenvalue weighted by Crippen LogP contribution is -2.32. The van der Waals surface area contributed by atoms with Crippen molar-refractivity contribution in [2.45, 2.75) is 51.6 Å². The van der Waals surface area contributed by atoms with Crippen molar-refractivity contribution in [2.75, 3.05) is 13.6 Å². The SMILES string of the molecule is Cc1nc(-c2ccccc2O)c(CCc2ccccc2)c(=O)n1CCC1CCCN1C. The summed E-state index contributed by atoms with van der Waals surface area (Å²) < 4.78 is 1.83. The second-order valence-electron chi connectivity index (χ2n) is 8.51. The first-order valence-corrected chi connectivity index (χ1v) is 11.2. The van der Waals surface area contributed by atoms with Crippen LogP contribution in [0.3, 0.4) is 0 Å². The number of para-hydroxylation sites is 1. The van der Waals surface area contributed by atoms with E-state index < -0.39 is 0 Å². The monoisotopic (exact) mass is 417 g/mol. The number of phenols is 1. The Morgan fingerprint density at radius 2 is 1.81 bits per heavy atom. The normalized spacial score (nSPS) is 16.6. The van der Waals surface area contributed by atoms with Crippen LogP contribution in [0.1, 0.15) is 36.2 Å². The van der Waals surface area contributed by atoms with Crippen LogP contribution in [0, 0.1) is 6.92 Å². The molecule has 1 N–H and O–H groups in total. The Balaban J connectivity index is 1.70. The number of hydrogen-bond acceptors (Lipinski definition) is 4. The van der Waals surface area contributed by atoms with Gasteiger partial charge in [-0.2, -0.15) is 0 Å². The third-order valence-electron chi connectivity index (χ3n) is 6.48. The van der Waals surface area contributed by atoms with Gasteiger partial charge in [0.2, 0.25) is 0 Å². The molecule has 5 heteroatoms. The molecule has 0 radical (unpaired) electrons. The van der Waals surface area contributed by atoms with Gasteiger partial charge in [0, 0.05) is 23.7 Å². The summed E-state index contributed by atoms with van der Waals surface area (Å²) in [7, 11) is 2.16. The Morgan fingerprint density at radius 1 is 1.06 bits per heavy atom. The number of nitrogens with zero attached hydrogens (tertiary/aromatic N) is 3. The number of benzene rings is 2. The maximum Gasteiger partial charge on any atom is 0.257 e. The van der Waals surface area contributed by atoms with Gasteiger partial charge in [0.1, 0.15) is 11.6 Å². The predicted molar refractivity (Wildman–Crippen MR) is 124 cm³/mol. The van der Waals surface area contributed by atoms with E-state index in [2.05, 4.69) is 24.1 Å². The molecular formula is C26H31N3O2. The Bertz CT molecular complexity index is 1090. The molecule has 0 bridgehead atoms. The fraction of sp³-hybridized carbons (Fsp3) is 0.385. The van der Waals surface area contributed by atoms with Crippen LogP contribution in [0.15, 0.2) is 59.4 Å². The highest BCUT2D eigenvalue weighted by Crippen LogP contribution is 2.29. The third-order valence-corrected chi connectivity index (χ3v) is 6.48. The molecule has 0 amide bonds. The van der Waals surface area contributed by atoms with Crippen LogP contribution >= 0.6 is 0 Å². The molecule has 1 saturated heterocycles. The fourth-order valence-corrected chi connectivity index (χ4v) is 4.62. The lowest BCUT2D eigenvalue weighted by Gasteiger charge is -2.21. The largest absolute Gasteiger partial charge is 0.507 e. The second kappa shape index (κ2) is 9.48. The molecule has 4 rings (SSSR count). The molecule has 31 heavy (non-hydrogen) atoms. The maximum atomic E-state index is 13.6. The minimum absolute atomic E-state index is 0.0161. The highest BCUT2D eigenvalue weighted by atomic mass is 16.3. The molecule has 5 nitrogen and oxygen atoms in total. The van der Waals surface area contributed by atoms with Crippen molar-refractivity contribution in [3.05, 3.63) is 81.9 Å². The van der Waals surface area contributed by atoms with E-state index in [1.807, 2.05) is 41.8 Å². The highest BCUT2D eigenvalue weighted by molar-refractivity contribution is 5.69. The molecule has 2 heterocycles. The van der Waals surface area contributed by atoms with E-state index in [9.17, 15) is 9.90 Å². The minimum Gasteiger partial charge on any atom is -0.507 e. The maximum absolute atomic E-state index is 13.6. The van der Waals surface area contributed by atoms with Crippen LogP contribution in [0.25, 0.3) is 11.3 Å². The van der Waals surface area contributed by atoms with Gasteiger partial charge < -0.3 is 10.0 Å². The van der Waals surface area contributed by atoms with Crippen molar-refractivity contribution in [2.24, 2.45) is 0 Å². The van der Waals surface area contributed by atoms with Crippen LogP contribution in [0.4, 0.5) is 0 Å². The zero-order valence-corrected chi connectivity index (χ0v) is 18.4. The fourth-order valence-electron chi connectivity index (χ4n) is 4.62. The summed E-state index contributed by atoms with van der Waals surface area (Å²) in [6.45, 7) is 3.70. The molecule has 162 valence electrons.